The molecule has 1 aliphatic rings. The monoisotopic (exact) mass is 272 g/mol. The van der Waals surface area contributed by atoms with Crippen molar-refractivity contribution in [3.05, 3.63) is 0 Å². The number of hydrogen-bond donors (Lipinski definition) is 4. The number of aliphatic carboxylic acids is 1. The minimum atomic E-state index is -1.33. The van der Waals surface area contributed by atoms with E-state index in [-0.39, 0.29) is 24.8 Å². The van der Waals surface area contributed by atoms with Crippen molar-refractivity contribution < 1.29 is 24.6 Å². The van der Waals surface area contributed by atoms with Gasteiger partial charge in [0.1, 0.15) is 0 Å². The second kappa shape index (κ2) is 6.51. The molecule has 0 heterocycles. The van der Waals surface area contributed by atoms with Crippen LogP contribution in [-0.4, -0.2) is 46.7 Å². The van der Waals surface area contributed by atoms with Gasteiger partial charge in [0, 0.05) is 18.9 Å². The van der Waals surface area contributed by atoms with E-state index in [1.165, 1.54) is 6.92 Å². The molecule has 0 saturated heterocycles. The summed E-state index contributed by atoms with van der Waals surface area (Å²) in [7, 11) is 0. The Labute approximate surface area is 111 Å². The lowest BCUT2D eigenvalue weighted by Gasteiger charge is -2.17. The first-order valence-electron chi connectivity index (χ1n) is 6.31. The van der Waals surface area contributed by atoms with Crippen molar-refractivity contribution in [2.45, 2.75) is 38.8 Å². The van der Waals surface area contributed by atoms with Gasteiger partial charge in [0.25, 0.3) is 0 Å². The summed E-state index contributed by atoms with van der Waals surface area (Å²) >= 11 is 0. The summed E-state index contributed by atoms with van der Waals surface area (Å²) in [6, 6.07) is -1.33. The van der Waals surface area contributed by atoms with Gasteiger partial charge in [-0.25, -0.2) is 4.79 Å². The molecule has 108 valence electrons. The average molecular weight is 272 g/mol. The van der Waals surface area contributed by atoms with E-state index in [0.717, 1.165) is 6.42 Å². The van der Waals surface area contributed by atoms with Crippen LogP contribution in [0.25, 0.3) is 0 Å². The summed E-state index contributed by atoms with van der Waals surface area (Å²) in [5.41, 5.74) is 0. The van der Waals surface area contributed by atoms with Crippen molar-refractivity contribution in [2.24, 2.45) is 11.8 Å². The van der Waals surface area contributed by atoms with Crippen LogP contribution < -0.4 is 10.6 Å². The van der Waals surface area contributed by atoms with Crippen LogP contribution in [0.2, 0.25) is 0 Å². The molecule has 0 radical (unpaired) electrons. The number of carboxylic acid groups (broad SMARTS) is 1. The highest BCUT2D eigenvalue weighted by Crippen LogP contribution is 2.37. The summed E-state index contributed by atoms with van der Waals surface area (Å²) < 4.78 is 0. The third-order valence-electron chi connectivity index (χ3n) is 3.16. The molecule has 0 aliphatic heterocycles. The molecular formula is C12H20N2O5. The topological polar surface area (TPSA) is 116 Å². The van der Waals surface area contributed by atoms with Crippen molar-refractivity contribution in [2.75, 3.05) is 6.54 Å². The van der Waals surface area contributed by atoms with Crippen molar-refractivity contribution in [1.82, 2.24) is 10.6 Å². The average Bonchev–Trinajstić information content (AvgIpc) is 3.02. The lowest BCUT2D eigenvalue weighted by molar-refractivity contribution is -0.144. The van der Waals surface area contributed by atoms with Crippen LogP contribution in [0.15, 0.2) is 0 Å². The Hall–Kier alpha value is -1.63. The fraction of sp³-hybridized carbons (Fsp3) is 0.750. The van der Waals surface area contributed by atoms with Crippen molar-refractivity contribution in [3.8, 4) is 0 Å². The van der Waals surface area contributed by atoms with Crippen LogP contribution in [-0.2, 0) is 14.4 Å². The van der Waals surface area contributed by atoms with E-state index in [4.69, 9.17) is 5.11 Å². The number of aliphatic hydroxyl groups excluding tert-OH is 1. The van der Waals surface area contributed by atoms with Crippen LogP contribution in [0.1, 0.15) is 26.7 Å². The molecule has 19 heavy (non-hydrogen) atoms. The van der Waals surface area contributed by atoms with Crippen LogP contribution >= 0.6 is 0 Å². The molecule has 1 saturated carbocycles. The molecule has 0 aromatic heterocycles. The Bertz CT molecular complexity index is 369. The quantitative estimate of drug-likeness (QED) is 0.479. The van der Waals surface area contributed by atoms with Gasteiger partial charge in [-0.3, -0.25) is 9.59 Å². The zero-order chi connectivity index (χ0) is 14.6. The first kappa shape index (κ1) is 15.4. The molecule has 7 nitrogen and oxygen atoms in total. The molecular weight excluding hydrogens is 252 g/mol. The molecule has 0 bridgehead atoms. The largest absolute Gasteiger partial charge is 0.480 e. The predicted octanol–water partition coefficient (Wildman–Crippen LogP) is -0.901. The van der Waals surface area contributed by atoms with Gasteiger partial charge >= 0.3 is 5.97 Å². The molecule has 1 fully saturated rings. The van der Waals surface area contributed by atoms with Gasteiger partial charge in [-0.15, -0.1) is 0 Å². The van der Waals surface area contributed by atoms with Crippen molar-refractivity contribution >= 4 is 17.8 Å². The van der Waals surface area contributed by atoms with Gasteiger partial charge in [0.2, 0.25) is 11.8 Å². The Morgan fingerprint density at radius 1 is 1.37 bits per heavy atom. The number of amides is 2. The smallest absolute Gasteiger partial charge is 0.328 e. The van der Waals surface area contributed by atoms with Gasteiger partial charge in [-0.05, 0) is 19.3 Å². The summed E-state index contributed by atoms with van der Waals surface area (Å²) in [5.74, 6) is -1.42. The minimum Gasteiger partial charge on any atom is -0.480 e. The third kappa shape index (κ3) is 4.86. The molecule has 0 aromatic carbocycles. The first-order valence-corrected chi connectivity index (χ1v) is 6.31. The van der Waals surface area contributed by atoms with E-state index in [9.17, 15) is 19.5 Å². The Morgan fingerprint density at radius 3 is 2.37 bits per heavy atom. The zero-order valence-electron chi connectivity index (χ0n) is 11.0. The fourth-order valence-corrected chi connectivity index (χ4v) is 1.75. The number of rotatable bonds is 7. The van der Waals surface area contributed by atoms with E-state index in [1.54, 1.807) is 0 Å². The lowest BCUT2D eigenvalue weighted by Crippen LogP contribution is -2.48. The summed E-state index contributed by atoms with van der Waals surface area (Å²) in [6.45, 7) is 3.44. The Kier molecular flexibility index (Phi) is 5.29. The van der Waals surface area contributed by atoms with Crippen LogP contribution in [0, 0.1) is 11.8 Å². The fourth-order valence-electron chi connectivity index (χ4n) is 1.75. The number of carbonyl (C=O) groups is 3. The number of carbonyl (C=O) groups excluding carboxylic acids is 2. The SMILES string of the molecule is CC(O)C(NC(=O)CCNC(=O)C1CC1C)C(=O)O. The number of nitrogens with one attached hydrogen (secondary N) is 2. The summed E-state index contributed by atoms with van der Waals surface area (Å²) in [6.07, 6.45) is -0.312. The van der Waals surface area contributed by atoms with Gasteiger partial charge in [0.05, 0.1) is 6.10 Å². The summed E-state index contributed by atoms with van der Waals surface area (Å²) in [4.78, 5) is 33.7. The lowest BCUT2D eigenvalue weighted by atomic mass is 10.2. The van der Waals surface area contributed by atoms with E-state index in [0.29, 0.717) is 5.92 Å². The van der Waals surface area contributed by atoms with Crippen LogP contribution in [0.4, 0.5) is 0 Å². The third-order valence-corrected chi connectivity index (χ3v) is 3.16. The summed E-state index contributed by atoms with van der Waals surface area (Å²) in [5, 5.41) is 22.8. The number of hydrogen-bond acceptors (Lipinski definition) is 4. The molecule has 7 heteroatoms. The molecule has 1 aliphatic carbocycles. The first-order chi connectivity index (χ1) is 8.82. The Balaban J connectivity index is 2.23. The van der Waals surface area contributed by atoms with Crippen LogP contribution in [0.3, 0.4) is 0 Å². The van der Waals surface area contributed by atoms with Gasteiger partial charge < -0.3 is 20.8 Å². The second-order valence-electron chi connectivity index (χ2n) is 4.98. The minimum absolute atomic E-state index is 0.0106. The number of carboxylic acids is 1. The highest BCUT2D eigenvalue weighted by Gasteiger charge is 2.38. The normalized spacial score (nSPS) is 24.2. The maximum Gasteiger partial charge on any atom is 0.328 e. The molecule has 4 N–H and O–H groups in total. The maximum absolute atomic E-state index is 11.5. The van der Waals surface area contributed by atoms with Gasteiger partial charge in [-0.2, -0.15) is 0 Å². The van der Waals surface area contributed by atoms with Crippen LogP contribution in [0.5, 0.6) is 0 Å². The van der Waals surface area contributed by atoms with E-state index in [1.807, 2.05) is 6.92 Å². The van der Waals surface area contributed by atoms with Crippen molar-refractivity contribution in [1.29, 1.82) is 0 Å². The van der Waals surface area contributed by atoms with Crippen molar-refractivity contribution in [3.63, 3.8) is 0 Å². The number of aliphatic hydroxyl groups is 1. The highest BCUT2D eigenvalue weighted by molar-refractivity contribution is 5.85. The second-order valence-corrected chi connectivity index (χ2v) is 4.98. The molecule has 1 rings (SSSR count). The van der Waals surface area contributed by atoms with Gasteiger partial charge in [-0.1, -0.05) is 6.92 Å². The van der Waals surface area contributed by atoms with E-state index in [2.05, 4.69) is 10.6 Å². The molecule has 0 spiro atoms. The molecule has 4 unspecified atom stereocenters. The molecule has 4 atom stereocenters. The maximum atomic E-state index is 11.5. The van der Waals surface area contributed by atoms with Gasteiger partial charge in [0.15, 0.2) is 6.04 Å². The standard InChI is InChI=1S/C12H20N2O5/c1-6-5-8(6)11(17)13-4-3-9(16)14-10(7(2)15)12(18)19/h6-8,10,15H,3-5H2,1-2H3,(H,13,17)(H,14,16)(H,18,19). The predicted molar refractivity (Wildman–Crippen MR) is 66.1 cm³/mol. The van der Waals surface area contributed by atoms with E-state index >= 15 is 0 Å². The highest BCUT2D eigenvalue weighted by atomic mass is 16.4. The Morgan fingerprint density at radius 2 is 1.95 bits per heavy atom. The molecule has 2 amide bonds. The van der Waals surface area contributed by atoms with E-state index < -0.39 is 24.0 Å². The zero-order valence-corrected chi connectivity index (χ0v) is 11.0. The molecule has 0 aromatic rings.